The maximum absolute atomic E-state index is 15.1. The molecule has 0 aliphatic carbocycles. The number of hydrogen-bond donors (Lipinski definition) is 15. The van der Waals surface area contributed by atoms with Crippen molar-refractivity contribution in [1.82, 2.24) is 57.8 Å². The number of ether oxygens (including phenoxy) is 2. The molecule has 8 rings (SSSR count). The minimum Gasteiger partial charge on any atom is -0.481 e. The number of aromatic amines is 2. The highest BCUT2D eigenvalue weighted by Crippen LogP contribution is 2.27. The summed E-state index contributed by atoms with van der Waals surface area (Å²) in [6.07, 6.45) is -5.41. The number of hydrogen-bond acceptors (Lipinski definition) is 15. The summed E-state index contributed by atoms with van der Waals surface area (Å²) in [7, 11) is 0. The van der Waals surface area contributed by atoms with E-state index < -0.39 is 157 Å². The van der Waals surface area contributed by atoms with E-state index in [0.717, 1.165) is 0 Å². The molecule has 2 fully saturated rings. The largest absolute Gasteiger partial charge is 0.481 e. The fourth-order valence-corrected chi connectivity index (χ4v) is 11.7. The molecule has 2 aromatic heterocycles. The Labute approximate surface area is 553 Å². The predicted octanol–water partition coefficient (Wildman–Crippen LogP) is 0.190. The molecule has 2 aliphatic heterocycles. The Balaban J connectivity index is 1.19. The summed E-state index contributed by atoms with van der Waals surface area (Å²) in [5.41, 5.74) is 15.1. The van der Waals surface area contributed by atoms with Gasteiger partial charge in [0, 0.05) is 60.0 Å². The van der Waals surface area contributed by atoms with Gasteiger partial charge in [-0.2, -0.15) is 0 Å². The molecular weight excluding hydrogens is 1240 g/mol. The van der Waals surface area contributed by atoms with Crippen molar-refractivity contribution in [3.05, 3.63) is 144 Å². The summed E-state index contributed by atoms with van der Waals surface area (Å²) < 4.78 is 12.6. The van der Waals surface area contributed by atoms with E-state index in [1.807, 2.05) is 13.8 Å². The van der Waals surface area contributed by atoms with E-state index in [2.05, 4.69) is 57.8 Å². The lowest BCUT2D eigenvalue weighted by molar-refractivity contribution is -0.142. The Bertz CT molecular complexity index is 3730. The highest BCUT2D eigenvalue weighted by atomic mass is 16.6. The lowest BCUT2D eigenvalue weighted by atomic mass is 9.99. The van der Waals surface area contributed by atoms with Gasteiger partial charge in [-0.05, 0) is 72.0 Å². The Morgan fingerprint density at radius 2 is 1.00 bits per heavy atom. The van der Waals surface area contributed by atoms with Crippen LogP contribution >= 0.6 is 0 Å². The summed E-state index contributed by atoms with van der Waals surface area (Å²) in [5, 5.41) is 47.4. The van der Waals surface area contributed by atoms with Crippen molar-refractivity contribution in [2.45, 2.75) is 158 Å². The summed E-state index contributed by atoms with van der Waals surface area (Å²) >= 11 is 0. The fourth-order valence-electron chi connectivity index (χ4n) is 11.7. The SMILES string of the molecule is CC(C)C[C@@H]1NC(=O)[C@H](CCCN)NC(=O)[C@H](C(C)C)NC(=O)[C@H](Cc2c[nH]c3ccccc23)NC(=O)[C@H](CC(=O)O)NC(=O)[C@H](CC(N)=O)NC(=O)[C@@H](Cc2ccccc2)NC(=O)[C@H](Cc2c[nH]c3ccccc23)NC(=O)[C@@H]2O[C@H](CNC1=O)[C@@H](OCc1ccccc1)[C@@H]2O. The molecule has 96 heavy (non-hydrogen) atoms. The molecule has 2 aliphatic rings. The number of carboxylic acids is 1. The molecule has 0 radical (unpaired) electrons. The van der Waals surface area contributed by atoms with Crippen molar-refractivity contribution < 1.29 is 72.4 Å². The van der Waals surface area contributed by atoms with E-state index in [1.165, 1.54) is 0 Å². The first-order valence-corrected chi connectivity index (χ1v) is 32.0. The van der Waals surface area contributed by atoms with Gasteiger partial charge in [0.15, 0.2) is 6.10 Å². The Morgan fingerprint density at radius 3 is 1.53 bits per heavy atom. The van der Waals surface area contributed by atoms with Gasteiger partial charge in [-0.3, -0.25) is 52.7 Å². The van der Waals surface area contributed by atoms with Gasteiger partial charge >= 0.3 is 5.97 Å². The quantitative estimate of drug-likeness (QED) is 0.0515. The molecule has 0 unspecified atom stereocenters. The molecule has 28 nitrogen and oxygen atoms in total. The van der Waals surface area contributed by atoms with Gasteiger partial charge in [0.1, 0.15) is 66.6 Å². The summed E-state index contributed by atoms with van der Waals surface area (Å²) in [6.45, 7) is 6.48. The van der Waals surface area contributed by atoms with Crippen LogP contribution in [0.4, 0.5) is 0 Å². The number of carbonyl (C=O) groups excluding carboxylic acids is 10. The minimum atomic E-state index is -2.02. The van der Waals surface area contributed by atoms with Crippen LogP contribution in [0.5, 0.6) is 0 Å². The molecule has 28 heteroatoms. The molecule has 6 aromatic rings. The van der Waals surface area contributed by atoms with Crippen LogP contribution in [0.3, 0.4) is 0 Å². The molecule has 12 atom stereocenters. The fraction of sp³-hybridized carbons (Fsp3) is 0.426. The monoisotopic (exact) mass is 1320 g/mol. The van der Waals surface area contributed by atoms with Crippen LogP contribution in [0.1, 0.15) is 82.1 Å². The number of aromatic nitrogens is 2. The third-order valence-electron chi connectivity index (χ3n) is 16.7. The van der Waals surface area contributed by atoms with E-state index >= 15 is 4.79 Å². The van der Waals surface area contributed by atoms with E-state index in [9.17, 15) is 58.2 Å². The van der Waals surface area contributed by atoms with Crippen molar-refractivity contribution in [1.29, 1.82) is 0 Å². The van der Waals surface area contributed by atoms with Gasteiger partial charge in [-0.15, -0.1) is 0 Å². The number of H-pyrrole nitrogens is 2. The van der Waals surface area contributed by atoms with Gasteiger partial charge in [-0.25, -0.2) is 0 Å². The number of carboxylic acid groups (broad SMARTS) is 1. The van der Waals surface area contributed by atoms with Gasteiger partial charge in [0.2, 0.25) is 53.2 Å². The number of carbonyl (C=O) groups is 11. The molecule has 4 heterocycles. The number of nitrogens with one attached hydrogen (secondary N) is 11. The molecule has 2 bridgehead atoms. The van der Waals surface area contributed by atoms with E-state index in [4.69, 9.17) is 20.9 Å². The number of aliphatic carboxylic acids is 1. The van der Waals surface area contributed by atoms with E-state index in [0.29, 0.717) is 44.1 Å². The number of benzene rings is 4. The minimum absolute atomic E-state index is 0.0288. The highest BCUT2D eigenvalue weighted by Gasteiger charge is 2.49. The first-order valence-electron chi connectivity index (χ1n) is 32.0. The van der Waals surface area contributed by atoms with Crippen LogP contribution in [0.2, 0.25) is 0 Å². The van der Waals surface area contributed by atoms with Crippen molar-refractivity contribution in [3.8, 4) is 0 Å². The zero-order chi connectivity index (χ0) is 69.2. The van der Waals surface area contributed by atoms with Crippen molar-refractivity contribution >= 4 is 86.8 Å². The predicted molar refractivity (Wildman–Crippen MR) is 351 cm³/mol. The standard InChI is InChI=1S/C68H85N13O15/c1-36(2)26-47-60(86)73-34-53-58(95-35-39-18-9-6-10-19-39)57(85)59(96-53)68(94)80-49(28-40-32-71-44-22-13-11-20-42(40)44)63(89)76-48(27-38-16-7-5-8-17-38)62(88)78-51(30-54(70)82)64(90)79-52(31-55(83)84)65(91)77-50(29-41-33-72-45-23-14-12-21-43(41)45)66(92)81-56(37(3)4)67(93)74-46(24-15-25-69)61(87)75-47/h5-14,16-23,32-33,36-37,46-53,56-59,71-72,85H,15,24-31,34-35,69H2,1-4H3,(H2,70,82)(H,73,86)(H,74,93)(H,75,87)(H,76,89)(H,77,91)(H,78,88)(H,79,90)(H,80,94)(H,81,92)(H,83,84)/t46-,47-,48+,49-,50-,51-,52-,53+,56-,57-,58+,59+/m0/s1. The summed E-state index contributed by atoms with van der Waals surface area (Å²) in [4.78, 5) is 164. The van der Waals surface area contributed by atoms with Crippen molar-refractivity contribution in [2.24, 2.45) is 23.3 Å². The van der Waals surface area contributed by atoms with Crippen LogP contribution in [0, 0.1) is 11.8 Å². The van der Waals surface area contributed by atoms with Crippen molar-refractivity contribution in [2.75, 3.05) is 13.1 Å². The zero-order valence-corrected chi connectivity index (χ0v) is 53.8. The Kier molecular flexibility index (Phi) is 25.3. The third kappa shape index (κ3) is 19.5. The molecule has 4 aromatic carbocycles. The van der Waals surface area contributed by atoms with Crippen LogP contribution in [0.25, 0.3) is 21.8 Å². The number of fused-ring (bicyclic) bond motifs is 4. The van der Waals surface area contributed by atoms with E-state index in [-0.39, 0.29) is 64.1 Å². The van der Waals surface area contributed by atoms with Crippen LogP contribution in [-0.2, 0) is 88.1 Å². The van der Waals surface area contributed by atoms with Crippen LogP contribution in [0.15, 0.2) is 122 Å². The molecule has 17 N–H and O–H groups in total. The number of primary amides is 1. The van der Waals surface area contributed by atoms with Crippen LogP contribution in [-0.4, -0.2) is 171 Å². The second kappa shape index (κ2) is 33.9. The van der Waals surface area contributed by atoms with Gasteiger partial charge < -0.3 is 89.0 Å². The van der Waals surface area contributed by atoms with Gasteiger partial charge in [0.25, 0.3) is 5.91 Å². The first kappa shape index (κ1) is 71.8. The normalized spacial score (nSPS) is 25.0. The zero-order valence-electron chi connectivity index (χ0n) is 53.8. The second-order valence-electron chi connectivity index (χ2n) is 24.9. The summed E-state index contributed by atoms with van der Waals surface area (Å²) in [6, 6.07) is 18.6. The van der Waals surface area contributed by atoms with E-state index in [1.54, 1.807) is 135 Å². The van der Waals surface area contributed by atoms with Crippen molar-refractivity contribution in [3.63, 3.8) is 0 Å². The third-order valence-corrected chi connectivity index (χ3v) is 16.7. The average Bonchev–Trinajstić information content (AvgIpc) is 1.65. The smallest absolute Gasteiger partial charge is 0.305 e. The van der Waals surface area contributed by atoms with Crippen LogP contribution < -0.4 is 59.3 Å². The molecule has 512 valence electrons. The molecule has 0 spiro atoms. The summed E-state index contributed by atoms with van der Waals surface area (Å²) in [5.74, 6) is -12.5. The second-order valence-corrected chi connectivity index (χ2v) is 24.9. The number of nitrogens with two attached hydrogens (primary N) is 2. The van der Waals surface area contributed by atoms with Gasteiger partial charge in [-0.1, -0.05) is 125 Å². The maximum atomic E-state index is 15.1. The topological polar surface area (TPSA) is 439 Å². The average molecular weight is 1320 g/mol. The Hall–Kier alpha value is -10.0. The molecular formula is C68H85N13O15. The lowest BCUT2D eigenvalue weighted by Gasteiger charge is -2.29. The molecule has 0 saturated carbocycles. The Morgan fingerprint density at radius 1 is 0.542 bits per heavy atom. The lowest BCUT2D eigenvalue weighted by Crippen LogP contribution is -2.62. The highest BCUT2D eigenvalue weighted by molar-refractivity contribution is 6.01. The first-order chi connectivity index (χ1) is 46.0. The maximum Gasteiger partial charge on any atom is 0.305 e. The number of aliphatic hydroxyl groups is 1. The van der Waals surface area contributed by atoms with Gasteiger partial charge in [0.05, 0.1) is 19.4 Å². The number of amides is 10. The molecule has 10 amide bonds. The number of para-hydroxylation sites is 2. The number of rotatable bonds is 19. The number of aliphatic hydroxyl groups excluding tert-OH is 1. The molecule has 2 saturated heterocycles.